The van der Waals surface area contributed by atoms with Crippen molar-refractivity contribution in [2.75, 3.05) is 25.5 Å². The van der Waals surface area contributed by atoms with Gasteiger partial charge in [0.05, 0.1) is 6.54 Å². The molecule has 2 N–H and O–H groups in total. The van der Waals surface area contributed by atoms with Gasteiger partial charge in [0, 0.05) is 30.3 Å². The first-order valence-electron chi connectivity index (χ1n) is 6.37. The predicted molar refractivity (Wildman–Crippen MR) is 80.8 cm³/mol. The third-order valence-electron chi connectivity index (χ3n) is 2.66. The fourth-order valence-electron chi connectivity index (χ4n) is 1.90. The first kappa shape index (κ1) is 15.8. The molecule has 5 heteroatoms. The smallest absolute Gasteiger partial charge is 0.239 e. The Kier molecular flexibility index (Phi) is 6.12. The molecule has 0 heterocycles. The molecule has 19 heavy (non-hydrogen) atoms. The Balaban J connectivity index is 2.82. The monoisotopic (exact) mass is 283 g/mol. The van der Waals surface area contributed by atoms with Crippen LogP contribution >= 0.6 is 11.6 Å². The Morgan fingerprint density at radius 3 is 2.68 bits per heavy atom. The number of amides is 1. The molecule has 1 aromatic rings. The van der Waals surface area contributed by atoms with Crippen LogP contribution < -0.4 is 15.5 Å². The number of anilines is 1. The number of hydrogen-bond acceptors (Lipinski definition) is 3. The molecule has 0 aliphatic heterocycles. The van der Waals surface area contributed by atoms with E-state index < -0.39 is 0 Å². The van der Waals surface area contributed by atoms with E-state index in [0.717, 1.165) is 17.8 Å². The van der Waals surface area contributed by atoms with E-state index in [9.17, 15) is 4.79 Å². The average Bonchev–Trinajstić information content (AvgIpc) is 2.30. The molecule has 0 aromatic heterocycles. The van der Waals surface area contributed by atoms with Crippen molar-refractivity contribution in [2.45, 2.75) is 26.4 Å². The summed E-state index contributed by atoms with van der Waals surface area (Å²) in [4.78, 5) is 13.7. The normalized spacial score (nSPS) is 10.6. The Labute approximate surface area is 120 Å². The molecule has 0 radical (unpaired) electrons. The van der Waals surface area contributed by atoms with Gasteiger partial charge in [-0.1, -0.05) is 17.7 Å². The first-order valence-corrected chi connectivity index (χ1v) is 6.75. The molecule has 4 nitrogen and oxygen atoms in total. The quantitative estimate of drug-likeness (QED) is 0.840. The molecule has 0 aliphatic rings. The fraction of sp³-hybridized carbons (Fsp3) is 0.500. The van der Waals surface area contributed by atoms with Crippen molar-refractivity contribution in [1.82, 2.24) is 10.6 Å². The number of likely N-dealkylation sites (N-methyl/N-ethyl adjacent to an activating group) is 1. The average molecular weight is 284 g/mol. The van der Waals surface area contributed by atoms with Gasteiger partial charge < -0.3 is 15.5 Å². The summed E-state index contributed by atoms with van der Waals surface area (Å²) in [6.07, 6.45) is 0. The van der Waals surface area contributed by atoms with Crippen LogP contribution in [0.2, 0.25) is 5.02 Å². The van der Waals surface area contributed by atoms with Gasteiger partial charge in [0.25, 0.3) is 0 Å². The molecule has 0 aliphatic carbocycles. The van der Waals surface area contributed by atoms with E-state index in [-0.39, 0.29) is 11.9 Å². The third-order valence-corrected chi connectivity index (χ3v) is 2.89. The Hall–Kier alpha value is -1.26. The second-order valence-electron chi connectivity index (χ2n) is 4.88. The number of carbonyl (C=O) groups is 1. The molecular formula is C14H22ClN3O. The van der Waals surface area contributed by atoms with Crippen molar-refractivity contribution in [3.05, 3.63) is 28.8 Å². The number of nitrogens with one attached hydrogen (secondary N) is 2. The lowest BCUT2D eigenvalue weighted by molar-refractivity contribution is -0.120. The number of halogens is 1. The minimum Gasteiger partial charge on any atom is -0.365 e. The van der Waals surface area contributed by atoms with E-state index >= 15 is 0 Å². The van der Waals surface area contributed by atoms with Gasteiger partial charge >= 0.3 is 0 Å². The lowest BCUT2D eigenvalue weighted by atomic mass is 10.1. The zero-order valence-corrected chi connectivity index (χ0v) is 12.7. The third kappa shape index (κ3) is 5.09. The maximum absolute atomic E-state index is 11.8. The summed E-state index contributed by atoms with van der Waals surface area (Å²) < 4.78 is 0. The maximum atomic E-state index is 11.8. The standard InChI is InChI=1S/C14H22ClN3O/c1-10(2)17-14(19)9-18(4)13-7-12(15)6-5-11(13)8-16-3/h5-7,10,16H,8-9H2,1-4H3,(H,17,19). The highest BCUT2D eigenvalue weighted by atomic mass is 35.5. The molecule has 0 saturated carbocycles. The number of rotatable bonds is 6. The van der Waals surface area contributed by atoms with E-state index in [1.807, 2.05) is 51.0 Å². The van der Waals surface area contributed by atoms with Crippen molar-refractivity contribution in [3.63, 3.8) is 0 Å². The van der Waals surface area contributed by atoms with Crippen LogP contribution in [0.5, 0.6) is 0 Å². The molecular weight excluding hydrogens is 262 g/mol. The summed E-state index contributed by atoms with van der Waals surface area (Å²) in [6.45, 7) is 4.95. The summed E-state index contributed by atoms with van der Waals surface area (Å²) in [6, 6.07) is 5.87. The number of hydrogen-bond donors (Lipinski definition) is 2. The number of benzene rings is 1. The van der Waals surface area contributed by atoms with Crippen LogP contribution in [0.15, 0.2) is 18.2 Å². The zero-order valence-electron chi connectivity index (χ0n) is 12.0. The summed E-state index contributed by atoms with van der Waals surface area (Å²) in [5, 5.41) is 6.67. The van der Waals surface area contributed by atoms with E-state index in [1.165, 1.54) is 0 Å². The van der Waals surface area contributed by atoms with Crippen LogP contribution in [0, 0.1) is 0 Å². The molecule has 0 fully saturated rings. The highest BCUT2D eigenvalue weighted by molar-refractivity contribution is 6.30. The topological polar surface area (TPSA) is 44.4 Å². The van der Waals surface area contributed by atoms with Gasteiger partial charge in [0.15, 0.2) is 0 Å². The van der Waals surface area contributed by atoms with Gasteiger partial charge in [0.1, 0.15) is 0 Å². The molecule has 0 saturated heterocycles. The zero-order chi connectivity index (χ0) is 14.4. The van der Waals surface area contributed by atoms with Crippen LogP contribution in [0.4, 0.5) is 5.69 Å². The van der Waals surface area contributed by atoms with Crippen molar-refractivity contribution in [2.24, 2.45) is 0 Å². The van der Waals surface area contributed by atoms with Crippen molar-refractivity contribution >= 4 is 23.2 Å². The molecule has 0 bridgehead atoms. The number of carbonyl (C=O) groups excluding carboxylic acids is 1. The van der Waals surface area contributed by atoms with E-state index in [4.69, 9.17) is 11.6 Å². The minimum absolute atomic E-state index is 0.00730. The number of nitrogens with zero attached hydrogens (tertiary/aromatic N) is 1. The summed E-state index contributed by atoms with van der Waals surface area (Å²) in [5.74, 6) is 0.00730. The second kappa shape index (κ2) is 7.36. The van der Waals surface area contributed by atoms with E-state index in [1.54, 1.807) is 0 Å². The van der Waals surface area contributed by atoms with Gasteiger partial charge in [-0.3, -0.25) is 4.79 Å². The van der Waals surface area contributed by atoms with Crippen molar-refractivity contribution in [3.8, 4) is 0 Å². The summed E-state index contributed by atoms with van der Waals surface area (Å²) in [7, 11) is 3.79. The molecule has 106 valence electrons. The second-order valence-corrected chi connectivity index (χ2v) is 5.32. The summed E-state index contributed by atoms with van der Waals surface area (Å²) >= 11 is 6.03. The Morgan fingerprint density at radius 1 is 1.42 bits per heavy atom. The van der Waals surface area contributed by atoms with Crippen molar-refractivity contribution < 1.29 is 4.79 Å². The first-order chi connectivity index (χ1) is 8.93. The van der Waals surface area contributed by atoms with Crippen LogP contribution in [0.25, 0.3) is 0 Å². The van der Waals surface area contributed by atoms with Gasteiger partial charge in [-0.2, -0.15) is 0 Å². The maximum Gasteiger partial charge on any atom is 0.239 e. The van der Waals surface area contributed by atoms with E-state index in [0.29, 0.717) is 11.6 Å². The molecule has 1 aromatic carbocycles. The van der Waals surface area contributed by atoms with Crippen LogP contribution in [0.3, 0.4) is 0 Å². The Morgan fingerprint density at radius 2 is 2.11 bits per heavy atom. The predicted octanol–water partition coefficient (Wildman–Crippen LogP) is 2.02. The molecule has 0 unspecified atom stereocenters. The molecule has 0 spiro atoms. The SMILES string of the molecule is CNCc1ccc(Cl)cc1N(C)CC(=O)NC(C)C. The fourth-order valence-corrected chi connectivity index (χ4v) is 2.07. The van der Waals surface area contributed by atoms with Crippen molar-refractivity contribution in [1.29, 1.82) is 0 Å². The van der Waals surface area contributed by atoms with Gasteiger partial charge in [-0.15, -0.1) is 0 Å². The Bertz CT molecular complexity index is 435. The van der Waals surface area contributed by atoms with Gasteiger partial charge in [-0.05, 0) is 38.6 Å². The highest BCUT2D eigenvalue weighted by Crippen LogP contribution is 2.24. The van der Waals surface area contributed by atoms with Gasteiger partial charge in [-0.25, -0.2) is 0 Å². The van der Waals surface area contributed by atoms with Crippen LogP contribution in [-0.2, 0) is 11.3 Å². The minimum atomic E-state index is 0.00730. The summed E-state index contributed by atoms with van der Waals surface area (Å²) in [5.41, 5.74) is 2.09. The molecule has 1 rings (SSSR count). The highest BCUT2D eigenvalue weighted by Gasteiger charge is 2.12. The molecule has 0 atom stereocenters. The molecule has 1 amide bonds. The lowest BCUT2D eigenvalue weighted by Gasteiger charge is -2.23. The van der Waals surface area contributed by atoms with Crippen LogP contribution in [-0.4, -0.2) is 32.6 Å². The van der Waals surface area contributed by atoms with Gasteiger partial charge in [0.2, 0.25) is 5.91 Å². The largest absolute Gasteiger partial charge is 0.365 e. The van der Waals surface area contributed by atoms with E-state index in [2.05, 4.69) is 10.6 Å². The van der Waals surface area contributed by atoms with Crippen LogP contribution in [0.1, 0.15) is 19.4 Å². The lowest BCUT2D eigenvalue weighted by Crippen LogP contribution is -2.39.